The van der Waals surface area contributed by atoms with Gasteiger partial charge in [-0.15, -0.1) is 0 Å². The third-order valence-electron chi connectivity index (χ3n) is 7.74. The van der Waals surface area contributed by atoms with Crippen molar-refractivity contribution < 1.29 is 21.9 Å². The molecule has 42 heavy (non-hydrogen) atoms. The summed E-state index contributed by atoms with van der Waals surface area (Å²) >= 11 is 0. The molecule has 2 fully saturated rings. The van der Waals surface area contributed by atoms with E-state index in [9.17, 15) is 22.0 Å². The maximum absolute atomic E-state index is 13.9. The van der Waals surface area contributed by atoms with E-state index in [2.05, 4.69) is 17.0 Å². The molecule has 10 nitrogen and oxygen atoms in total. The number of sulfonamides is 1. The lowest BCUT2D eigenvalue weighted by atomic mass is 10.2. The van der Waals surface area contributed by atoms with E-state index in [4.69, 9.17) is 4.74 Å². The van der Waals surface area contributed by atoms with Gasteiger partial charge in [0, 0.05) is 55.7 Å². The highest BCUT2D eigenvalue weighted by Crippen LogP contribution is 2.45. The first kappa shape index (κ1) is 28.0. The van der Waals surface area contributed by atoms with Crippen molar-refractivity contribution in [3.8, 4) is 17.1 Å². The number of imidazole rings is 1. The molecule has 0 radical (unpaired) electrons. The Morgan fingerprint density at radius 2 is 1.67 bits per heavy atom. The molecule has 13 heteroatoms. The number of aromatic nitrogens is 4. The second kappa shape index (κ2) is 11.0. The summed E-state index contributed by atoms with van der Waals surface area (Å²) < 4.78 is 64.5. The summed E-state index contributed by atoms with van der Waals surface area (Å²) in [5, 5.41) is 4.19. The Kier molecular flexibility index (Phi) is 7.31. The van der Waals surface area contributed by atoms with Gasteiger partial charge in [-0.2, -0.15) is 14.1 Å². The van der Waals surface area contributed by atoms with E-state index in [1.54, 1.807) is 24.7 Å². The smallest absolute Gasteiger partial charge is 0.316 e. The first-order valence-electron chi connectivity index (χ1n) is 13.6. The zero-order valence-electron chi connectivity index (χ0n) is 23.0. The van der Waals surface area contributed by atoms with Gasteiger partial charge in [-0.1, -0.05) is 19.1 Å². The normalized spacial score (nSPS) is 16.9. The minimum absolute atomic E-state index is 0.0251. The number of piperazine rings is 1. The van der Waals surface area contributed by atoms with Gasteiger partial charge in [-0.05, 0) is 42.7 Å². The van der Waals surface area contributed by atoms with Crippen molar-refractivity contribution in [2.24, 2.45) is 5.41 Å². The summed E-state index contributed by atoms with van der Waals surface area (Å²) in [5.74, 6) is -1.77. The number of halogens is 2. The highest BCUT2D eigenvalue weighted by atomic mass is 32.2. The molecular formula is C29H30F2N6O4S. The monoisotopic (exact) mass is 596 g/mol. The molecule has 2 aromatic heterocycles. The van der Waals surface area contributed by atoms with Crippen molar-refractivity contribution in [1.29, 1.82) is 0 Å². The van der Waals surface area contributed by atoms with E-state index in [1.165, 1.54) is 10.5 Å². The van der Waals surface area contributed by atoms with E-state index >= 15 is 0 Å². The maximum atomic E-state index is 13.9. The molecule has 4 aromatic rings. The minimum atomic E-state index is -3.60. The topological polar surface area (TPSA) is 103 Å². The molecule has 6 rings (SSSR count). The number of benzene rings is 2. The van der Waals surface area contributed by atoms with Crippen LogP contribution in [0.5, 0.6) is 5.75 Å². The third kappa shape index (κ3) is 5.93. The Morgan fingerprint density at radius 3 is 2.29 bits per heavy atom. The summed E-state index contributed by atoms with van der Waals surface area (Å²) in [5.41, 5.74) is 1.24. The van der Waals surface area contributed by atoms with Crippen LogP contribution >= 0.6 is 0 Å². The van der Waals surface area contributed by atoms with Crippen LogP contribution in [0.3, 0.4) is 0 Å². The lowest BCUT2D eigenvalue weighted by Crippen LogP contribution is -2.49. The van der Waals surface area contributed by atoms with E-state index in [0.29, 0.717) is 30.9 Å². The van der Waals surface area contributed by atoms with Gasteiger partial charge >= 0.3 is 5.56 Å². The van der Waals surface area contributed by atoms with Gasteiger partial charge in [0.25, 0.3) is 0 Å². The van der Waals surface area contributed by atoms with Crippen molar-refractivity contribution in [2.45, 2.75) is 25.5 Å². The maximum Gasteiger partial charge on any atom is 0.316 e. The van der Waals surface area contributed by atoms with Crippen LogP contribution in [-0.2, 0) is 15.8 Å². The van der Waals surface area contributed by atoms with Crippen LogP contribution in [0.25, 0.3) is 11.4 Å². The molecule has 0 bridgehead atoms. The molecule has 0 unspecified atom stereocenters. The average Bonchev–Trinajstić information content (AvgIpc) is 3.44. The molecule has 2 aromatic carbocycles. The largest absolute Gasteiger partial charge is 0.486 e. The Morgan fingerprint density at radius 1 is 0.976 bits per heavy atom. The van der Waals surface area contributed by atoms with E-state index in [0.717, 1.165) is 41.4 Å². The minimum Gasteiger partial charge on any atom is -0.486 e. The first-order chi connectivity index (χ1) is 20.1. The van der Waals surface area contributed by atoms with Crippen LogP contribution in [0.4, 0.5) is 14.5 Å². The summed E-state index contributed by atoms with van der Waals surface area (Å²) in [6, 6.07) is 10.0. The van der Waals surface area contributed by atoms with Crippen LogP contribution in [0.2, 0.25) is 0 Å². The van der Waals surface area contributed by atoms with Crippen LogP contribution in [-0.4, -0.2) is 64.8 Å². The molecule has 220 valence electrons. The number of rotatable bonds is 9. The zero-order chi connectivity index (χ0) is 29.5. The lowest BCUT2D eigenvalue weighted by molar-refractivity contribution is 0.242. The lowest BCUT2D eigenvalue weighted by Gasteiger charge is -2.35. The fraction of sp³-hybridized carbons (Fsp3) is 0.345. The van der Waals surface area contributed by atoms with Crippen molar-refractivity contribution >= 4 is 15.7 Å². The standard InChI is InChI=1S/C29H30F2N6O4S/c1-29(6-7-29)19-41-27-26(17-33-37(28(27)38)25-15-22(30)14-23(31)16-25)34-10-12-36(13-11-34)42(39,40)18-21-2-4-24(5-3-21)35-9-8-32-20-35/h2-5,8-9,14-17,20H,6-7,10-13,18-19H2,1H3. The Labute approximate surface area is 241 Å². The number of hydrogen-bond donors (Lipinski definition) is 0. The second-order valence-corrected chi connectivity index (χ2v) is 13.1. The average molecular weight is 597 g/mol. The fourth-order valence-corrected chi connectivity index (χ4v) is 6.44. The van der Waals surface area contributed by atoms with E-state index < -0.39 is 27.2 Å². The molecule has 0 spiro atoms. The SMILES string of the molecule is CC1(COc2c(N3CCN(S(=O)(=O)Cc4ccc(-n5ccnc5)cc4)CC3)cnn(-c3cc(F)cc(F)c3)c2=O)CC1. The Hall–Kier alpha value is -4.10. The molecule has 0 amide bonds. The van der Waals surface area contributed by atoms with Gasteiger partial charge in [0.05, 0.1) is 30.6 Å². The zero-order valence-corrected chi connectivity index (χ0v) is 23.8. The number of anilines is 1. The summed E-state index contributed by atoms with van der Waals surface area (Å²) in [4.78, 5) is 19.4. The Balaban J connectivity index is 1.19. The fourth-order valence-electron chi connectivity index (χ4n) is 4.93. The summed E-state index contributed by atoms with van der Waals surface area (Å²) in [6.45, 7) is 3.42. The van der Waals surface area contributed by atoms with Gasteiger partial charge in [-0.3, -0.25) is 4.79 Å². The van der Waals surface area contributed by atoms with Gasteiger partial charge in [-0.25, -0.2) is 22.2 Å². The number of hydrogen-bond acceptors (Lipinski definition) is 7. The van der Waals surface area contributed by atoms with Crippen LogP contribution in [0, 0.1) is 17.0 Å². The molecule has 1 aliphatic carbocycles. The van der Waals surface area contributed by atoms with E-state index in [1.807, 2.05) is 27.8 Å². The predicted octanol–water partition coefficient (Wildman–Crippen LogP) is 3.53. The van der Waals surface area contributed by atoms with Crippen LogP contribution in [0.15, 0.2) is 72.2 Å². The highest BCUT2D eigenvalue weighted by Gasteiger charge is 2.39. The number of ether oxygens (including phenoxy) is 1. The van der Waals surface area contributed by atoms with Gasteiger partial charge < -0.3 is 14.2 Å². The van der Waals surface area contributed by atoms with Crippen molar-refractivity contribution in [2.75, 3.05) is 37.7 Å². The molecule has 3 heterocycles. The second-order valence-electron chi connectivity index (χ2n) is 11.1. The van der Waals surface area contributed by atoms with Gasteiger partial charge in [0.15, 0.2) is 0 Å². The third-order valence-corrected chi connectivity index (χ3v) is 9.59. The van der Waals surface area contributed by atoms with E-state index in [-0.39, 0.29) is 35.7 Å². The van der Waals surface area contributed by atoms with Gasteiger partial charge in [0.2, 0.25) is 15.8 Å². The van der Waals surface area contributed by atoms with Crippen molar-refractivity contribution in [3.63, 3.8) is 0 Å². The van der Waals surface area contributed by atoms with Crippen molar-refractivity contribution in [3.05, 3.63) is 94.9 Å². The quantitative estimate of drug-likeness (QED) is 0.291. The predicted molar refractivity (Wildman–Crippen MR) is 153 cm³/mol. The summed E-state index contributed by atoms with van der Waals surface area (Å²) in [7, 11) is -3.60. The molecule has 2 aliphatic rings. The van der Waals surface area contributed by atoms with Gasteiger partial charge in [0.1, 0.15) is 17.3 Å². The first-order valence-corrected chi connectivity index (χ1v) is 15.2. The molecule has 0 atom stereocenters. The molecule has 0 N–H and O–H groups in total. The molecular weight excluding hydrogens is 566 g/mol. The number of nitrogens with zero attached hydrogens (tertiary/aromatic N) is 6. The molecule has 1 saturated carbocycles. The van der Waals surface area contributed by atoms with Crippen molar-refractivity contribution in [1.82, 2.24) is 23.6 Å². The van der Waals surface area contributed by atoms with Crippen LogP contribution < -0.4 is 15.2 Å². The van der Waals surface area contributed by atoms with Crippen LogP contribution in [0.1, 0.15) is 25.3 Å². The highest BCUT2D eigenvalue weighted by molar-refractivity contribution is 7.88. The Bertz CT molecular complexity index is 1730. The summed E-state index contributed by atoms with van der Waals surface area (Å²) in [6.07, 6.45) is 8.53. The molecule has 1 aliphatic heterocycles. The molecule has 1 saturated heterocycles.